The average Bonchev–Trinajstić information content (AvgIpc) is 2.36. The van der Waals surface area contributed by atoms with E-state index >= 15 is 0 Å². The van der Waals surface area contributed by atoms with Crippen LogP contribution in [0.4, 0.5) is 5.69 Å². The first-order valence-electron chi connectivity index (χ1n) is 5.51. The zero-order chi connectivity index (χ0) is 13.5. The van der Waals surface area contributed by atoms with Crippen molar-refractivity contribution in [3.05, 3.63) is 33.9 Å². The molecule has 0 fully saturated rings. The van der Waals surface area contributed by atoms with Crippen LogP contribution in [0.5, 0.6) is 5.75 Å². The van der Waals surface area contributed by atoms with Crippen LogP contribution in [-0.2, 0) is 4.74 Å². The number of hydrogen-bond donors (Lipinski definition) is 0. The lowest BCUT2D eigenvalue weighted by Gasteiger charge is -2.15. The number of non-ortho nitro benzene ring substituents is 1. The van der Waals surface area contributed by atoms with Gasteiger partial charge in [-0.1, -0.05) is 0 Å². The highest BCUT2D eigenvalue weighted by Crippen LogP contribution is 2.24. The fourth-order valence-electron chi connectivity index (χ4n) is 1.36. The van der Waals surface area contributed by atoms with Gasteiger partial charge in [0.1, 0.15) is 23.5 Å². The Kier molecular flexibility index (Phi) is 5.08. The number of rotatable bonds is 6. The SMILES string of the molecule is CCOCC(C)Oc1ccc([N+](=O)[O-])cc1C#N. The minimum Gasteiger partial charge on any atom is -0.487 e. The molecular formula is C12H14N2O4. The monoisotopic (exact) mass is 250 g/mol. The van der Waals surface area contributed by atoms with Crippen molar-refractivity contribution < 1.29 is 14.4 Å². The molecule has 0 saturated heterocycles. The molecule has 1 rings (SSSR count). The van der Waals surface area contributed by atoms with Crippen LogP contribution >= 0.6 is 0 Å². The summed E-state index contributed by atoms with van der Waals surface area (Å²) < 4.78 is 10.7. The highest BCUT2D eigenvalue weighted by atomic mass is 16.6. The number of nitrogens with zero attached hydrogens (tertiary/aromatic N) is 2. The third kappa shape index (κ3) is 3.71. The molecule has 0 bridgehead atoms. The van der Waals surface area contributed by atoms with Gasteiger partial charge in [0.2, 0.25) is 0 Å². The smallest absolute Gasteiger partial charge is 0.271 e. The van der Waals surface area contributed by atoms with Gasteiger partial charge in [0.05, 0.1) is 11.5 Å². The van der Waals surface area contributed by atoms with E-state index < -0.39 is 4.92 Å². The quantitative estimate of drug-likeness (QED) is 0.571. The standard InChI is InChI=1S/C12H14N2O4/c1-3-17-8-9(2)18-12-5-4-11(14(15)16)6-10(12)7-13/h4-6,9H,3,8H2,1-2H3. The van der Waals surface area contributed by atoms with Gasteiger partial charge in [0.25, 0.3) is 5.69 Å². The van der Waals surface area contributed by atoms with Crippen molar-refractivity contribution in [2.24, 2.45) is 0 Å². The fourth-order valence-corrected chi connectivity index (χ4v) is 1.36. The molecule has 0 heterocycles. The molecule has 0 spiro atoms. The molecule has 1 unspecified atom stereocenters. The zero-order valence-electron chi connectivity index (χ0n) is 10.3. The van der Waals surface area contributed by atoms with E-state index in [-0.39, 0.29) is 17.4 Å². The van der Waals surface area contributed by atoms with Crippen LogP contribution in [0.2, 0.25) is 0 Å². The molecule has 18 heavy (non-hydrogen) atoms. The van der Waals surface area contributed by atoms with Gasteiger partial charge in [0.15, 0.2) is 0 Å². The summed E-state index contributed by atoms with van der Waals surface area (Å²) in [5.74, 6) is 0.329. The van der Waals surface area contributed by atoms with Crippen LogP contribution in [0.3, 0.4) is 0 Å². The van der Waals surface area contributed by atoms with Crippen LogP contribution in [0.25, 0.3) is 0 Å². The molecule has 1 aromatic carbocycles. The third-order valence-electron chi connectivity index (χ3n) is 2.18. The zero-order valence-corrected chi connectivity index (χ0v) is 10.3. The Bertz CT molecular complexity index is 468. The van der Waals surface area contributed by atoms with Gasteiger partial charge < -0.3 is 9.47 Å². The molecule has 0 saturated carbocycles. The van der Waals surface area contributed by atoms with Crippen LogP contribution in [0, 0.1) is 21.4 Å². The second-order valence-corrected chi connectivity index (χ2v) is 3.64. The van der Waals surface area contributed by atoms with Crippen molar-refractivity contribution in [2.45, 2.75) is 20.0 Å². The van der Waals surface area contributed by atoms with Crippen LogP contribution < -0.4 is 4.74 Å². The fraction of sp³-hybridized carbons (Fsp3) is 0.417. The molecule has 1 atom stereocenters. The van der Waals surface area contributed by atoms with Gasteiger partial charge in [-0.2, -0.15) is 5.26 Å². The number of ether oxygens (including phenoxy) is 2. The van der Waals surface area contributed by atoms with E-state index in [9.17, 15) is 10.1 Å². The first-order chi connectivity index (χ1) is 8.58. The summed E-state index contributed by atoms with van der Waals surface area (Å²) in [6.07, 6.45) is -0.224. The highest BCUT2D eigenvalue weighted by Gasteiger charge is 2.13. The van der Waals surface area contributed by atoms with Gasteiger partial charge in [-0.15, -0.1) is 0 Å². The maximum Gasteiger partial charge on any atom is 0.271 e. The lowest BCUT2D eigenvalue weighted by atomic mass is 10.2. The molecule has 0 amide bonds. The van der Waals surface area contributed by atoms with Crippen molar-refractivity contribution in [3.8, 4) is 11.8 Å². The van der Waals surface area contributed by atoms with E-state index in [1.165, 1.54) is 18.2 Å². The molecular weight excluding hydrogens is 236 g/mol. The predicted octanol–water partition coefficient (Wildman–Crippen LogP) is 2.27. The van der Waals surface area contributed by atoms with Crippen molar-refractivity contribution in [1.29, 1.82) is 5.26 Å². The first-order valence-corrected chi connectivity index (χ1v) is 5.51. The summed E-state index contributed by atoms with van der Waals surface area (Å²) in [6, 6.07) is 5.82. The minimum absolute atomic E-state index is 0.128. The van der Waals surface area contributed by atoms with E-state index in [4.69, 9.17) is 14.7 Å². The van der Waals surface area contributed by atoms with Crippen molar-refractivity contribution in [1.82, 2.24) is 0 Å². The van der Waals surface area contributed by atoms with Gasteiger partial charge in [-0.05, 0) is 19.9 Å². The van der Waals surface area contributed by atoms with Gasteiger partial charge in [-0.25, -0.2) is 0 Å². The van der Waals surface area contributed by atoms with E-state index in [1.807, 2.05) is 13.0 Å². The van der Waals surface area contributed by atoms with Gasteiger partial charge in [0, 0.05) is 18.7 Å². The van der Waals surface area contributed by atoms with Crippen LogP contribution in [-0.4, -0.2) is 24.2 Å². The van der Waals surface area contributed by atoms with Gasteiger partial charge >= 0.3 is 0 Å². The number of hydrogen-bond acceptors (Lipinski definition) is 5. The Morgan fingerprint density at radius 1 is 1.56 bits per heavy atom. The summed E-state index contributed by atoms with van der Waals surface area (Å²) in [4.78, 5) is 10.0. The second kappa shape index (κ2) is 6.57. The number of nitro groups is 1. The Morgan fingerprint density at radius 2 is 2.28 bits per heavy atom. The van der Waals surface area contributed by atoms with Gasteiger partial charge in [-0.3, -0.25) is 10.1 Å². The minimum atomic E-state index is -0.547. The summed E-state index contributed by atoms with van der Waals surface area (Å²) in [6.45, 7) is 4.66. The molecule has 6 heteroatoms. The topological polar surface area (TPSA) is 85.4 Å². The van der Waals surface area contributed by atoms with E-state index in [0.29, 0.717) is 19.0 Å². The maximum absolute atomic E-state index is 10.6. The summed E-state index contributed by atoms with van der Waals surface area (Å²) in [5.41, 5.74) is 0.0175. The molecule has 96 valence electrons. The third-order valence-corrected chi connectivity index (χ3v) is 2.18. The molecule has 0 aliphatic rings. The van der Waals surface area contributed by atoms with Crippen LogP contribution in [0.15, 0.2) is 18.2 Å². The Labute approximate surface area is 105 Å². The second-order valence-electron chi connectivity index (χ2n) is 3.64. The Hall–Kier alpha value is -2.13. The van der Waals surface area contributed by atoms with Crippen molar-refractivity contribution in [3.63, 3.8) is 0 Å². The molecule has 0 aromatic heterocycles. The van der Waals surface area contributed by atoms with Crippen LogP contribution in [0.1, 0.15) is 19.4 Å². The lowest BCUT2D eigenvalue weighted by Crippen LogP contribution is -2.19. The summed E-state index contributed by atoms with van der Waals surface area (Å²) in [5, 5.41) is 19.5. The average molecular weight is 250 g/mol. The molecule has 0 radical (unpaired) electrons. The molecule has 0 aliphatic carbocycles. The number of benzene rings is 1. The summed E-state index contributed by atoms with van der Waals surface area (Å²) >= 11 is 0. The Balaban J connectivity index is 2.83. The predicted molar refractivity (Wildman–Crippen MR) is 64.4 cm³/mol. The van der Waals surface area contributed by atoms with E-state index in [1.54, 1.807) is 6.92 Å². The normalized spacial score (nSPS) is 11.6. The van der Waals surface area contributed by atoms with E-state index in [0.717, 1.165) is 0 Å². The molecule has 0 N–H and O–H groups in total. The molecule has 1 aromatic rings. The largest absolute Gasteiger partial charge is 0.487 e. The van der Waals surface area contributed by atoms with Crippen molar-refractivity contribution in [2.75, 3.05) is 13.2 Å². The summed E-state index contributed by atoms with van der Waals surface area (Å²) in [7, 11) is 0. The number of nitriles is 1. The first kappa shape index (κ1) is 13.9. The van der Waals surface area contributed by atoms with Crippen molar-refractivity contribution >= 4 is 5.69 Å². The molecule has 0 aliphatic heterocycles. The van der Waals surface area contributed by atoms with E-state index in [2.05, 4.69) is 0 Å². The molecule has 6 nitrogen and oxygen atoms in total. The number of nitro benzene ring substituents is 1. The Morgan fingerprint density at radius 3 is 2.83 bits per heavy atom. The highest BCUT2D eigenvalue weighted by molar-refractivity contribution is 5.50. The lowest BCUT2D eigenvalue weighted by molar-refractivity contribution is -0.384. The maximum atomic E-state index is 10.6.